The molecule has 33 heavy (non-hydrogen) atoms. The molecule has 1 aliphatic heterocycles. The maximum atomic E-state index is 13.3. The molecule has 0 spiro atoms. The Bertz CT molecular complexity index is 1140. The Morgan fingerprint density at radius 2 is 1.58 bits per heavy atom. The molecule has 0 saturated carbocycles. The topological polar surface area (TPSA) is 82.9 Å². The van der Waals surface area contributed by atoms with Crippen molar-refractivity contribution in [1.29, 1.82) is 0 Å². The largest absolute Gasteiger partial charge is 0.465 e. The Balaban J connectivity index is 1.46. The van der Waals surface area contributed by atoms with Crippen LogP contribution < -0.4 is 10.2 Å². The van der Waals surface area contributed by atoms with Gasteiger partial charge >= 0.3 is 0 Å². The number of carbonyl (C=O) groups is 3. The molecule has 2 amide bonds. The van der Waals surface area contributed by atoms with Gasteiger partial charge in [-0.25, -0.2) is 0 Å². The molecule has 1 fully saturated rings. The van der Waals surface area contributed by atoms with Gasteiger partial charge in [-0.05, 0) is 61.5 Å². The standard InChI is InChI=1S/C26H25N3O4/c1-19(30)20-9-11-22(12-10-20)28-13-15-29(16-14-28)26(32)24(18-23-8-5-17-33-23)25(31)27-21-6-3-2-4-7-21/h2-12,17-18H,13-16H2,1H3,(H,27,31). The van der Waals surface area contributed by atoms with Crippen LogP contribution in [0, 0.1) is 0 Å². The molecule has 0 unspecified atom stereocenters. The van der Waals surface area contributed by atoms with E-state index in [0.717, 1.165) is 5.69 Å². The summed E-state index contributed by atoms with van der Waals surface area (Å²) in [7, 11) is 0. The van der Waals surface area contributed by atoms with Gasteiger partial charge in [-0.15, -0.1) is 0 Å². The van der Waals surface area contributed by atoms with Crippen molar-refractivity contribution in [3.63, 3.8) is 0 Å². The number of furan rings is 1. The van der Waals surface area contributed by atoms with E-state index in [2.05, 4.69) is 10.2 Å². The number of anilines is 2. The zero-order valence-electron chi connectivity index (χ0n) is 18.4. The summed E-state index contributed by atoms with van der Waals surface area (Å²) in [5, 5.41) is 2.79. The Morgan fingerprint density at radius 1 is 0.879 bits per heavy atom. The van der Waals surface area contributed by atoms with Crippen molar-refractivity contribution in [2.45, 2.75) is 6.92 Å². The highest BCUT2D eigenvalue weighted by atomic mass is 16.3. The number of nitrogens with one attached hydrogen (secondary N) is 1. The summed E-state index contributed by atoms with van der Waals surface area (Å²) in [4.78, 5) is 41.6. The van der Waals surface area contributed by atoms with Gasteiger partial charge in [0.2, 0.25) is 0 Å². The first-order chi connectivity index (χ1) is 16.0. The lowest BCUT2D eigenvalue weighted by atomic mass is 10.1. The number of Topliss-reactive ketones (excluding diaryl/α,β-unsaturated/α-hetero) is 1. The molecule has 4 rings (SSSR count). The van der Waals surface area contributed by atoms with Crippen molar-refractivity contribution in [2.24, 2.45) is 0 Å². The molecule has 0 aliphatic carbocycles. The van der Waals surface area contributed by atoms with E-state index in [9.17, 15) is 14.4 Å². The van der Waals surface area contributed by atoms with E-state index in [1.54, 1.807) is 36.1 Å². The van der Waals surface area contributed by atoms with Gasteiger partial charge in [0.25, 0.3) is 11.8 Å². The lowest BCUT2D eigenvalue weighted by molar-refractivity contribution is -0.129. The average molecular weight is 444 g/mol. The number of para-hydroxylation sites is 1. The first kappa shape index (κ1) is 22.1. The predicted octanol–water partition coefficient (Wildman–Crippen LogP) is 3.85. The van der Waals surface area contributed by atoms with Crippen molar-refractivity contribution in [3.8, 4) is 0 Å². The van der Waals surface area contributed by atoms with Crippen LogP contribution in [0.5, 0.6) is 0 Å². The van der Waals surface area contributed by atoms with Crippen molar-refractivity contribution in [3.05, 3.63) is 89.9 Å². The molecule has 0 radical (unpaired) electrons. The van der Waals surface area contributed by atoms with Gasteiger partial charge in [-0.3, -0.25) is 14.4 Å². The molecule has 1 aliphatic rings. The van der Waals surface area contributed by atoms with Crippen LogP contribution in [0.4, 0.5) is 11.4 Å². The van der Waals surface area contributed by atoms with Crippen LogP contribution in [0.25, 0.3) is 6.08 Å². The fourth-order valence-electron chi connectivity index (χ4n) is 3.71. The van der Waals surface area contributed by atoms with E-state index in [-0.39, 0.29) is 17.3 Å². The minimum Gasteiger partial charge on any atom is -0.465 e. The zero-order valence-corrected chi connectivity index (χ0v) is 18.4. The van der Waals surface area contributed by atoms with E-state index < -0.39 is 5.91 Å². The van der Waals surface area contributed by atoms with E-state index >= 15 is 0 Å². The summed E-state index contributed by atoms with van der Waals surface area (Å²) in [5.74, 6) is -0.358. The van der Waals surface area contributed by atoms with E-state index in [1.807, 2.05) is 42.5 Å². The molecule has 7 nitrogen and oxygen atoms in total. The normalized spacial score (nSPS) is 14.2. The second-order valence-electron chi connectivity index (χ2n) is 7.78. The second-order valence-corrected chi connectivity index (χ2v) is 7.78. The number of amides is 2. The van der Waals surface area contributed by atoms with Gasteiger partial charge in [0.15, 0.2) is 5.78 Å². The minimum atomic E-state index is -0.482. The van der Waals surface area contributed by atoms with Crippen LogP contribution in [-0.4, -0.2) is 48.7 Å². The Hall–Kier alpha value is -4.13. The summed E-state index contributed by atoms with van der Waals surface area (Å²) in [6.45, 7) is 3.74. The number of hydrogen-bond donors (Lipinski definition) is 1. The Labute approximate surface area is 192 Å². The van der Waals surface area contributed by atoms with Crippen LogP contribution in [0.3, 0.4) is 0 Å². The number of piperazine rings is 1. The van der Waals surface area contributed by atoms with Gasteiger partial charge in [0.05, 0.1) is 6.26 Å². The first-order valence-corrected chi connectivity index (χ1v) is 10.8. The minimum absolute atomic E-state index is 0.0214. The lowest BCUT2D eigenvalue weighted by Gasteiger charge is -2.36. The number of carbonyl (C=O) groups excluding carboxylic acids is 3. The summed E-state index contributed by atoms with van der Waals surface area (Å²) >= 11 is 0. The van der Waals surface area contributed by atoms with E-state index in [0.29, 0.717) is 43.2 Å². The van der Waals surface area contributed by atoms with E-state index in [1.165, 1.54) is 12.3 Å². The lowest BCUT2D eigenvalue weighted by Crippen LogP contribution is -2.50. The third-order valence-corrected chi connectivity index (χ3v) is 5.54. The molecular weight excluding hydrogens is 418 g/mol. The molecule has 1 aromatic heterocycles. The third kappa shape index (κ3) is 5.38. The summed E-state index contributed by atoms with van der Waals surface area (Å²) in [6.07, 6.45) is 2.98. The molecule has 7 heteroatoms. The fourth-order valence-corrected chi connectivity index (χ4v) is 3.71. The van der Waals surface area contributed by atoms with Gasteiger partial charge < -0.3 is 19.5 Å². The van der Waals surface area contributed by atoms with Crippen LogP contribution >= 0.6 is 0 Å². The molecule has 2 heterocycles. The number of rotatable bonds is 6. The number of hydrogen-bond acceptors (Lipinski definition) is 5. The number of ketones is 1. The van der Waals surface area contributed by atoms with Gasteiger partial charge in [-0.1, -0.05) is 18.2 Å². The van der Waals surface area contributed by atoms with Crippen molar-refractivity contribution in [1.82, 2.24) is 4.90 Å². The average Bonchev–Trinajstić information content (AvgIpc) is 3.36. The monoisotopic (exact) mass is 443 g/mol. The SMILES string of the molecule is CC(=O)c1ccc(N2CCN(C(=O)C(=Cc3ccco3)C(=O)Nc3ccccc3)CC2)cc1. The zero-order chi connectivity index (χ0) is 23.2. The van der Waals surface area contributed by atoms with Gasteiger partial charge in [0.1, 0.15) is 11.3 Å². The fraction of sp³-hybridized carbons (Fsp3) is 0.192. The van der Waals surface area contributed by atoms with Crippen molar-refractivity contribution < 1.29 is 18.8 Å². The highest BCUT2D eigenvalue weighted by molar-refractivity contribution is 6.25. The highest BCUT2D eigenvalue weighted by Crippen LogP contribution is 2.20. The van der Waals surface area contributed by atoms with Crippen molar-refractivity contribution >= 4 is 35.0 Å². The molecule has 3 aromatic rings. The molecule has 2 aromatic carbocycles. The van der Waals surface area contributed by atoms with Crippen LogP contribution in [0.15, 0.2) is 83.0 Å². The predicted molar refractivity (Wildman–Crippen MR) is 127 cm³/mol. The molecule has 168 valence electrons. The van der Waals surface area contributed by atoms with Gasteiger partial charge in [0, 0.05) is 43.1 Å². The van der Waals surface area contributed by atoms with Crippen LogP contribution in [-0.2, 0) is 9.59 Å². The quantitative estimate of drug-likeness (QED) is 0.271. The molecular formula is C26H25N3O4. The number of nitrogens with zero attached hydrogens (tertiary/aromatic N) is 2. The first-order valence-electron chi connectivity index (χ1n) is 10.8. The summed E-state index contributed by atoms with van der Waals surface area (Å²) < 4.78 is 5.34. The highest BCUT2D eigenvalue weighted by Gasteiger charge is 2.28. The smallest absolute Gasteiger partial charge is 0.261 e. The number of benzene rings is 2. The Morgan fingerprint density at radius 3 is 2.18 bits per heavy atom. The maximum absolute atomic E-state index is 13.3. The van der Waals surface area contributed by atoms with E-state index in [4.69, 9.17) is 4.42 Å². The molecule has 1 N–H and O–H groups in total. The summed E-state index contributed by atoms with van der Waals surface area (Å²) in [5.41, 5.74) is 2.30. The summed E-state index contributed by atoms with van der Waals surface area (Å²) in [6, 6.07) is 19.9. The second kappa shape index (κ2) is 9.99. The maximum Gasteiger partial charge on any atom is 0.261 e. The van der Waals surface area contributed by atoms with Gasteiger partial charge in [-0.2, -0.15) is 0 Å². The molecule has 0 bridgehead atoms. The molecule has 1 saturated heterocycles. The van der Waals surface area contributed by atoms with Crippen molar-refractivity contribution in [2.75, 3.05) is 36.4 Å². The van der Waals surface area contributed by atoms with Crippen LogP contribution in [0.1, 0.15) is 23.0 Å². The third-order valence-electron chi connectivity index (χ3n) is 5.54. The molecule has 0 atom stereocenters. The Kier molecular flexibility index (Phi) is 6.69. The van der Waals surface area contributed by atoms with Crippen LogP contribution in [0.2, 0.25) is 0 Å².